The fourth-order valence-corrected chi connectivity index (χ4v) is 3.48. The zero-order valence-corrected chi connectivity index (χ0v) is 12.9. The van der Waals surface area contributed by atoms with Crippen LogP contribution in [0.2, 0.25) is 5.02 Å². The molecule has 21 heavy (non-hydrogen) atoms. The summed E-state index contributed by atoms with van der Waals surface area (Å²) in [7, 11) is -2.53. The van der Waals surface area contributed by atoms with Gasteiger partial charge in [0.25, 0.3) is 5.69 Å². The summed E-state index contributed by atoms with van der Waals surface area (Å²) in [5.74, 6) is 0. The van der Waals surface area contributed by atoms with Gasteiger partial charge in [-0.2, -0.15) is 4.31 Å². The Kier molecular flexibility index (Phi) is 6.28. The van der Waals surface area contributed by atoms with Gasteiger partial charge in [0.15, 0.2) is 0 Å². The van der Waals surface area contributed by atoms with E-state index in [1.807, 2.05) is 0 Å². The molecule has 0 saturated carbocycles. The Hall–Kier alpha value is -1.48. The van der Waals surface area contributed by atoms with E-state index in [-0.39, 0.29) is 35.3 Å². The minimum atomic E-state index is -3.98. The van der Waals surface area contributed by atoms with Gasteiger partial charge in [0, 0.05) is 32.3 Å². The molecule has 0 spiro atoms. The predicted octanol–water partition coefficient (Wildman–Crippen LogP) is 2.07. The molecule has 0 unspecified atom stereocenters. The van der Waals surface area contributed by atoms with E-state index in [1.165, 1.54) is 19.3 Å². The molecular formula is C12H15ClN2O5S. The van der Waals surface area contributed by atoms with Crippen molar-refractivity contribution in [1.29, 1.82) is 0 Å². The van der Waals surface area contributed by atoms with Crippen LogP contribution in [0.25, 0.3) is 0 Å². The average molecular weight is 335 g/mol. The molecule has 0 N–H and O–H groups in total. The van der Waals surface area contributed by atoms with Crippen molar-refractivity contribution < 1.29 is 18.1 Å². The summed E-state index contributed by atoms with van der Waals surface area (Å²) in [4.78, 5) is 9.79. The van der Waals surface area contributed by atoms with Gasteiger partial charge in [-0.3, -0.25) is 10.1 Å². The van der Waals surface area contributed by atoms with Crippen LogP contribution >= 0.6 is 11.6 Å². The Labute approximate surface area is 128 Å². The van der Waals surface area contributed by atoms with Crippen molar-refractivity contribution in [3.63, 3.8) is 0 Å². The van der Waals surface area contributed by atoms with Crippen LogP contribution in [-0.2, 0) is 14.8 Å². The van der Waals surface area contributed by atoms with E-state index in [0.29, 0.717) is 0 Å². The van der Waals surface area contributed by atoms with Crippen LogP contribution in [-0.4, -0.2) is 44.5 Å². The maximum absolute atomic E-state index is 12.5. The molecule has 7 nitrogen and oxygen atoms in total. The summed E-state index contributed by atoms with van der Waals surface area (Å²) >= 11 is 5.88. The third kappa shape index (κ3) is 4.24. The number of ether oxygens (including phenoxy) is 1. The Morgan fingerprint density at radius 3 is 2.71 bits per heavy atom. The second kappa shape index (κ2) is 7.51. The fourth-order valence-electron chi connectivity index (χ4n) is 1.59. The van der Waals surface area contributed by atoms with Crippen molar-refractivity contribution >= 4 is 27.3 Å². The van der Waals surface area contributed by atoms with Gasteiger partial charge in [0.2, 0.25) is 10.0 Å². The van der Waals surface area contributed by atoms with Crippen molar-refractivity contribution in [3.05, 3.63) is 46.0 Å². The van der Waals surface area contributed by atoms with Crippen molar-refractivity contribution in [2.24, 2.45) is 0 Å². The number of hydrogen-bond donors (Lipinski definition) is 0. The van der Waals surface area contributed by atoms with Gasteiger partial charge < -0.3 is 4.74 Å². The average Bonchev–Trinajstić information content (AvgIpc) is 2.43. The molecule has 0 bridgehead atoms. The molecule has 0 aromatic heterocycles. The predicted molar refractivity (Wildman–Crippen MR) is 78.9 cm³/mol. The number of non-ortho nitro benzene ring substituents is 1. The maximum atomic E-state index is 12.5. The highest BCUT2D eigenvalue weighted by molar-refractivity contribution is 7.89. The van der Waals surface area contributed by atoms with E-state index >= 15 is 0 Å². The molecule has 9 heteroatoms. The molecule has 0 amide bonds. The number of sulfonamides is 1. The molecule has 0 heterocycles. The van der Waals surface area contributed by atoms with Gasteiger partial charge in [-0.05, 0) is 6.07 Å². The zero-order chi connectivity index (χ0) is 16.0. The molecule has 0 aliphatic heterocycles. The number of nitro benzene ring substituents is 1. The van der Waals surface area contributed by atoms with Gasteiger partial charge in [-0.15, -0.1) is 6.58 Å². The standard InChI is InChI=1S/C12H15ClN2O5S/c1-3-6-14(7-8-20-2)21(18,19)12-9-10(15(16)17)4-5-11(12)13/h3-5,9H,1,6-8H2,2H3. The summed E-state index contributed by atoms with van der Waals surface area (Å²) in [6.07, 6.45) is 1.42. The van der Waals surface area contributed by atoms with Crippen LogP contribution in [0.3, 0.4) is 0 Å². The molecule has 0 aliphatic carbocycles. The van der Waals surface area contributed by atoms with E-state index in [2.05, 4.69) is 6.58 Å². The summed E-state index contributed by atoms with van der Waals surface area (Å²) < 4.78 is 31.0. The topological polar surface area (TPSA) is 89.8 Å². The highest BCUT2D eigenvalue weighted by Gasteiger charge is 2.27. The van der Waals surface area contributed by atoms with Gasteiger partial charge in [0.05, 0.1) is 16.6 Å². The highest BCUT2D eigenvalue weighted by Crippen LogP contribution is 2.28. The van der Waals surface area contributed by atoms with Crippen molar-refractivity contribution in [2.75, 3.05) is 26.8 Å². The minimum absolute atomic E-state index is 0.0463. The molecule has 1 rings (SSSR count). The van der Waals surface area contributed by atoms with Gasteiger partial charge in [-0.25, -0.2) is 8.42 Å². The number of hydrogen-bond acceptors (Lipinski definition) is 5. The van der Waals surface area contributed by atoms with Crippen LogP contribution in [0, 0.1) is 10.1 Å². The lowest BCUT2D eigenvalue weighted by molar-refractivity contribution is -0.385. The van der Waals surface area contributed by atoms with Crippen LogP contribution < -0.4 is 0 Å². The Morgan fingerprint density at radius 2 is 2.19 bits per heavy atom. The number of methoxy groups -OCH3 is 1. The summed E-state index contributed by atoms with van der Waals surface area (Å²) in [6, 6.07) is 3.28. The van der Waals surface area contributed by atoms with Crippen molar-refractivity contribution in [3.8, 4) is 0 Å². The molecular weight excluding hydrogens is 320 g/mol. The summed E-state index contributed by atoms with van der Waals surface area (Å²) in [5, 5.41) is 10.7. The Bertz CT molecular complexity index is 633. The van der Waals surface area contributed by atoms with Gasteiger partial charge >= 0.3 is 0 Å². The van der Waals surface area contributed by atoms with E-state index in [9.17, 15) is 18.5 Å². The number of benzene rings is 1. The maximum Gasteiger partial charge on any atom is 0.270 e. The quantitative estimate of drug-likeness (QED) is 0.412. The number of halogens is 1. The van der Waals surface area contributed by atoms with Crippen LogP contribution in [0.15, 0.2) is 35.7 Å². The van der Waals surface area contributed by atoms with Crippen LogP contribution in [0.5, 0.6) is 0 Å². The number of rotatable bonds is 8. The fraction of sp³-hybridized carbons (Fsp3) is 0.333. The van der Waals surface area contributed by atoms with Crippen LogP contribution in [0.1, 0.15) is 0 Å². The normalized spacial score (nSPS) is 11.6. The number of nitrogens with zero attached hydrogens (tertiary/aromatic N) is 2. The molecule has 0 atom stereocenters. The second-order valence-corrected chi connectivity index (χ2v) is 6.33. The smallest absolute Gasteiger partial charge is 0.270 e. The molecule has 0 fully saturated rings. The first-order valence-electron chi connectivity index (χ1n) is 5.88. The first kappa shape index (κ1) is 17.6. The van der Waals surface area contributed by atoms with Gasteiger partial charge in [0.1, 0.15) is 4.90 Å². The molecule has 0 radical (unpaired) electrons. The molecule has 0 saturated heterocycles. The van der Waals surface area contributed by atoms with E-state index in [1.54, 1.807) is 0 Å². The van der Waals surface area contributed by atoms with Crippen LogP contribution in [0.4, 0.5) is 5.69 Å². The molecule has 1 aromatic carbocycles. The lowest BCUT2D eigenvalue weighted by atomic mass is 10.3. The first-order chi connectivity index (χ1) is 9.84. The Morgan fingerprint density at radius 1 is 1.52 bits per heavy atom. The minimum Gasteiger partial charge on any atom is -0.383 e. The summed E-state index contributed by atoms with van der Waals surface area (Å²) in [5.41, 5.74) is -0.344. The molecule has 116 valence electrons. The monoisotopic (exact) mass is 334 g/mol. The van der Waals surface area contributed by atoms with E-state index in [4.69, 9.17) is 16.3 Å². The van der Waals surface area contributed by atoms with Gasteiger partial charge in [-0.1, -0.05) is 17.7 Å². The molecule has 1 aromatic rings. The third-order valence-corrected chi connectivity index (χ3v) is 4.97. The zero-order valence-electron chi connectivity index (χ0n) is 11.4. The van der Waals surface area contributed by atoms with Crippen molar-refractivity contribution in [2.45, 2.75) is 4.90 Å². The molecule has 0 aliphatic rings. The largest absolute Gasteiger partial charge is 0.383 e. The van der Waals surface area contributed by atoms with Crippen molar-refractivity contribution in [1.82, 2.24) is 4.31 Å². The van der Waals surface area contributed by atoms with E-state index in [0.717, 1.165) is 16.4 Å². The third-order valence-electron chi connectivity index (χ3n) is 2.62. The second-order valence-electron chi connectivity index (χ2n) is 4.02. The van der Waals surface area contributed by atoms with E-state index < -0.39 is 14.9 Å². The first-order valence-corrected chi connectivity index (χ1v) is 7.70. The Balaban J connectivity index is 3.29. The lowest BCUT2D eigenvalue weighted by Gasteiger charge is -2.20. The number of nitro groups is 1. The highest BCUT2D eigenvalue weighted by atomic mass is 35.5. The lowest BCUT2D eigenvalue weighted by Crippen LogP contribution is -2.34. The summed E-state index contributed by atoms with van der Waals surface area (Å²) in [6.45, 7) is 3.81. The SMILES string of the molecule is C=CCN(CCOC)S(=O)(=O)c1cc([N+](=O)[O-])ccc1Cl.